The first-order chi connectivity index (χ1) is 10.1. The highest BCUT2D eigenvalue weighted by Gasteiger charge is 2.18. The van der Waals surface area contributed by atoms with E-state index in [0.717, 1.165) is 5.56 Å². The molecule has 0 aliphatic carbocycles. The Morgan fingerprint density at radius 2 is 1.95 bits per heavy atom. The number of hydroxylamine groups is 1. The number of hydrogen-bond acceptors (Lipinski definition) is 5. The molecule has 4 N–H and O–H groups in total. The number of aliphatic hydroxyl groups is 1. The Kier molecular flexibility index (Phi) is 4.46. The van der Waals surface area contributed by atoms with Gasteiger partial charge < -0.3 is 10.2 Å². The summed E-state index contributed by atoms with van der Waals surface area (Å²) in [6, 6.07) is 5.74. The lowest BCUT2D eigenvalue weighted by Gasteiger charge is -2.11. The molecule has 0 saturated carbocycles. The average molecular weight is 292 g/mol. The zero-order valence-corrected chi connectivity index (χ0v) is 10.9. The van der Waals surface area contributed by atoms with Crippen LogP contribution in [-0.4, -0.2) is 26.3 Å². The predicted octanol–water partition coefficient (Wildman–Crippen LogP) is 1.13. The van der Waals surface area contributed by atoms with Crippen LogP contribution in [0.1, 0.15) is 27.2 Å². The van der Waals surface area contributed by atoms with E-state index in [4.69, 9.17) is 5.21 Å². The van der Waals surface area contributed by atoms with E-state index < -0.39 is 18.3 Å². The number of rotatable bonds is 4. The second-order valence-electron chi connectivity index (χ2n) is 4.36. The van der Waals surface area contributed by atoms with Crippen molar-refractivity contribution in [1.29, 1.82) is 0 Å². The van der Waals surface area contributed by atoms with Crippen LogP contribution in [-0.2, 0) is 13.0 Å². The summed E-state index contributed by atoms with van der Waals surface area (Å²) in [7, 11) is 0. The van der Waals surface area contributed by atoms with Crippen molar-refractivity contribution in [2.24, 2.45) is 0 Å². The van der Waals surface area contributed by atoms with Crippen LogP contribution in [0.25, 0.3) is 0 Å². The van der Waals surface area contributed by atoms with Crippen LogP contribution in [0.3, 0.4) is 0 Å². The number of halogens is 1. The molecule has 0 atom stereocenters. The second kappa shape index (κ2) is 6.29. The van der Waals surface area contributed by atoms with Crippen molar-refractivity contribution in [1.82, 2.24) is 10.5 Å². The highest BCUT2D eigenvalue weighted by Crippen LogP contribution is 2.26. The van der Waals surface area contributed by atoms with Gasteiger partial charge in [-0.1, -0.05) is 12.1 Å². The van der Waals surface area contributed by atoms with Crippen molar-refractivity contribution in [3.05, 3.63) is 58.7 Å². The molecule has 1 aromatic heterocycles. The third-order valence-electron chi connectivity index (χ3n) is 3.03. The summed E-state index contributed by atoms with van der Waals surface area (Å²) in [6.07, 6.45) is 1.62. The van der Waals surface area contributed by atoms with Gasteiger partial charge in [0, 0.05) is 11.8 Å². The number of aromatic nitrogens is 1. The maximum absolute atomic E-state index is 12.9. The monoisotopic (exact) mass is 292 g/mol. The zero-order valence-electron chi connectivity index (χ0n) is 10.9. The summed E-state index contributed by atoms with van der Waals surface area (Å²) >= 11 is 0. The zero-order chi connectivity index (χ0) is 15.4. The molecule has 21 heavy (non-hydrogen) atoms. The van der Waals surface area contributed by atoms with E-state index in [1.165, 1.54) is 23.8 Å². The standard InChI is InChI=1S/C14H13FN2O4/c15-10-3-1-8(2-4-10)5-9-6-16-12(14(20)17-21)13(19)11(9)7-18/h1-4,6,18-19,21H,5,7H2,(H,17,20). The summed E-state index contributed by atoms with van der Waals surface area (Å²) in [5.41, 5.74) is 2.36. The van der Waals surface area contributed by atoms with Gasteiger partial charge in [0.2, 0.25) is 0 Å². The van der Waals surface area contributed by atoms with E-state index >= 15 is 0 Å². The Balaban J connectivity index is 2.38. The van der Waals surface area contributed by atoms with Crippen LogP contribution < -0.4 is 5.48 Å². The number of hydrogen-bond donors (Lipinski definition) is 4. The molecular formula is C14H13FN2O4. The normalized spacial score (nSPS) is 10.4. The fourth-order valence-corrected chi connectivity index (χ4v) is 1.95. The molecule has 0 radical (unpaired) electrons. The van der Waals surface area contributed by atoms with Gasteiger partial charge in [-0.2, -0.15) is 0 Å². The summed E-state index contributed by atoms with van der Waals surface area (Å²) in [6.45, 7) is -0.503. The first kappa shape index (κ1) is 14.9. The van der Waals surface area contributed by atoms with Crippen LogP contribution in [0.4, 0.5) is 4.39 Å². The molecule has 0 fully saturated rings. The van der Waals surface area contributed by atoms with Crippen molar-refractivity contribution < 1.29 is 24.6 Å². The Labute approximate surface area is 119 Å². The van der Waals surface area contributed by atoms with Crippen LogP contribution in [0.5, 0.6) is 5.75 Å². The predicted molar refractivity (Wildman–Crippen MR) is 70.3 cm³/mol. The van der Waals surface area contributed by atoms with Crippen molar-refractivity contribution in [2.75, 3.05) is 0 Å². The topological polar surface area (TPSA) is 103 Å². The molecular weight excluding hydrogens is 279 g/mol. The number of amides is 1. The quantitative estimate of drug-likeness (QED) is 0.499. The number of aliphatic hydroxyl groups excluding tert-OH is 1. The van der Waals surface area contributed by atoms with Crippen molar-refractivity contribution in [3.63, 3.8) is 0 Å². The van der Waals surface area contributed by atoms with Gasteiger partial charge in [0.1, 0.15) is 5.82 Å². The van der Waals surface area contributed by atoms with Crippen molar-refractivity contribution in [2.45, 2.75) is 13.0 Å². The maximum Gasteiger partial charge on any atom is 0.297 e. The maximum atomic E-state index is 12.9. The number of carbonyl (C=O) groups excluding carboxylic acids is 1. The fraction of sp³-hybridized carbons (Fsp3) is 0.143. The first-order valence-corrected chi connectivity index (χ1v) is 6.06. The van der Waals surface area contributed by atoms with Gasteiger partial charge >= 0.3 is 0 Å². The number of carbonyl (C=O) groups is 1. The van der Waals surface area contributed by atoms with E-state index in [0.29, 0.717) is 12.0 Å². The molecule has 6 nitrogen and oxygen atoms in total. The van der Waals surface area contributed by atoms with Gasteiger partial charge in [-0.05, 0) is 29.7 Å². The van der Waals surface area contributed by atoms with Gasteiger partial charge in [-0.3, -0.25) is 10.0 Å². The molecule has 0 aliphatic heterocycles. The molecule has 2 aromatic rings. The molecule has 7 heteroatoms. The number of nitrogens with one attached hydrogen (secondary N) is 1. The fourth-order valence-electron chi connectivity index (χ4n) is 1.95. The first-order valence-electron chi connectivity index (χ1n) is 6.06. The minimum Gasteiger partial charge on any atom is -0.505 e. The third kappa shape index (κ3) is 3.15. The average Bonchev–Trinajstić information content (AvgIpc) is 2.49. The van der Waals surface area contributed by atoms with Crippen molar-refractivity contribution in [3.8, 4) is 5.75 Å². The largest absolute Gasteiger partial charge is 0.505 e. The number of benzene rings is 1. The Hall–Kier alpha value is -2.51. The molecule has 0 bridgehead atoms. The van der Waals surface area contributed by atoms with Gasteiger partial charge in [0.05, 0.1) is 6.61 Å². The Morgan fingerprint density at radius 1 is 1.29 bits per heavy atom. The van der Waals surface area contributed by atoms with Crippen LogP contribution in [0.2, 0.25) is 0 Å². The van der Waals surface area contributed by atoms with E-state index in [9.17, 15) is 19.4 Å². The van der Waals surface area contributed by atoms with E-state index in [1.807, 2.05) is 0 Å². The molecule has 0 aliphatic rings. The lowest BCUT2D eigenvalue weighted by atomic mass is 10.0. The van der Waals surface area contributed by atoms with Gasteiger partial charge in [-0.15, -0.1) is 0 Å². The van der Waals surface area contributed by atoms with Gasteiger partial charge in [0.25, 0.3) is 5.91 Å². The van der Waals surface area contributed by atoms with Crippen LogP contribution in [0.15, 0.2) is 30.5 Å². The molecule has 0 unspecified atom stereocenters. The molecule has 0 saturated heterocycles. The Morgan fingerprint density at radius 3 is 2.52 bits per heavy atom. The summed E-state index contributed by atoms with van der Waals surface area (Å²) < 4.78 is 12.9. The van der Waals surface area contributed by atoms with Crippen LogP contribution >= 0.6 is 0 Å². The number of pyridine rings is 1. The molecule has 1 aromatic carbocycles. The SMILES string of the molecule is O=C(NO)c1ncc(Cc2ccc(F)cc2)c(CO)c1O. The lowest BCUT2D eigenvalue weighted by molar-refractivity contribution is 0.0697. The highest BCUT2D eigenvalue weighted by molar-refractivity contribution is 5.94. The highest BCUT2D eigenvalue weighted by atomic mass is 19.1. The van der Waals surface area contributed by atoms with E-state index in [1.54, 1.807) is 12.1 Å². The lowest BCUT2D eigenvalue weighted by Crippen LogP contribution is -2.21. The van der Waals surface area contributed by atoms with Gasteiger partial charge in [-0.25, -0.2) is 14.9 Å². The van der Waals surface area contributed by atoms with Crippen LogP contribution in [0, 0.1) is 5.82 Å². The number of aromatic hydroxyl groups is 1. The summed E-state index contributed by atoms with van der Waals surface area (Å²) in [5.74, 6) is -1.84. The van der Waals surface area contributed by atoms with E-state index in [-0.39, 0.29) is 17.1 Å². The third-order valence-corrected chi connectivity index (χ3v) is 3.03. The molecule has 1 heterocycles. The minimum absolute atomic E-state index is 0.132. The van der Waals surface area contributed by atoms with Crippen molar-refractivity contribution >= 4 is 5.91 Å². The Bertz CT molecular complexity index is 659. The molecule has 1 amide bonds. The van der Waals surface area contributed by atoms with E-state index in [2.05, 4.69) is 4.98 Å². The summed E-state index contributed by atoms with van der Waals surface area (Å²) in [5, 5.41) is 27.9. The molecule has 110 valence electrons. The summed E-state index contributed by atoms with van der Waals surface area (Å²) in [4.78, 5) is 15.1. The molecule has 2 rings (SSSR count). The number of nitrogens with zero attached hydrogens (tertiary/aromatic N) is 1. The smallest absolute Gasteiger partial charge is 0.297 e. The second-order valence-corrected chi connectivity index (χ2v) is 4.36. The minimum atomic E-state index is -0.976. The molecule has 0 spiro atoms. The van der Waals surface area contributed by atoms with Gasteiger partial charge in [0.15, 0.2) is 11.4 Å².